The number of benzene rings is 2. The summed E-state index contributed by atoms with van der Waals surface area (Å²) >= 11 is 0. The quantitative estimate of drug-likeness (QED) is 0.355. The molecule has 2 unspecified atom stereocenters. The molecule has 0 amide bonds. The van der Waals surface area contributed by atoms with Crippen molar-refractivity contribution in [2.75, 3.05) is 11.3 Å². The van der Waals surface area contributed by atoms with E-state index >= 15 is 0 Å². The van der Waals surface area contributed by atoms with E-state index in [0.717, 1.165) is 36.0 Å². The van der Waals surface area contributed by atoms with Gasteiger partial charge in [-0.05, 0) is 68.0 Å². The van der Waals surface area contributed by atoms with Crippen LogP contribution in [0.3, 0.4) is 0 Å². The first-order chi connectivity index (χ1) is 16.2. The van der Waals surface area contributed by atoms with Crippen LogP contribution in [-0.2, 0) is 23.1 Å². The second-order valence-electron chi connectivity index (χ2n) is 9.45. The fourth-order valence-corrected chi connectivity index (χ4v) is 5.50. The van der Waals surface area contributed by atoms with Gasteiger partial charge in [0.2, 0.25) is 0 Å². The molecule has 1 heterocycles. The summed E-state index contributed by atoms with van der Waals surface area (Å²) in [5.74, 6) is 0. The minimum atomic E-state index is -3.70. The van der Waals surface area contributed by atoms with Crippen molar-refractivity contribution < 1.29 is 13.5 Å². The number of fused-ring (bicyclic) bond motifs is 1. The van der Waals surface area contributed by atoms with Crippen molar-refractivity contribution in [3.05, 3.63) is 95.3 Å². The van der Waals surface area contributed by atoms with Crippen LogP contribution in [0.4, 0.5) is 5.69 Å². The van der Waals surface area contributed by atoms with Gasteiger partial charge < -0.3 is 10.4 Å². The molecule has 0 bridgehead atoms. The van der Waals surface area contributed by atoms with Crippen molar-refractivity contribution in [3.63, 3.8) is 0 Å². The molecule has 0 saturated heterocycles. The van der Waals surface area contributed by atoms with Gasteiger partial charge in [0.1, 0.15) is 0 Å². The van der Waals surface area contributed by atoms with E-state index in [2.05, 4.69) is 33.6 Å². The third-order valence-electron chi connectivity index (χ3n) is 6.13. The average molecular weight is 481 g/mol. The summed E-state index contributed by atoms with van der Waals surface area (Å²) in [4.78, 5) is 4.05. The zero-order valence-electron chi connectivity index (χ0n) is 19.5. The lowest BCUT2D eigenvalue weighted by molar-refractivity contribution is 0.160. The molecule has 3 aromatic rings. The highest BCUT2D eigenvalue weighted by molar-refractivity contribution is 7.90. The fourth-order valence-electron chi connectivity index (χ4n) is 4.38. The zero-order chi connectivity index (χ0) is 24.2. The van der Waals surface area contributed by atoms with Crippen molar-refractivity contribution >= 4 is 15.9 Å². The summed E-state index contributed by atoms with van der Waals surface area (Å²) in [6.07, 6.45) is 5.07. The monoisotopic (exact) mass is 480 g/mol. The predicted octanol–water partition coefficient (Wildman–Crippen LogP) is 3.66. The highest BCUT2D eigenvalue weighted by Crippen LogP contribution is 2.31. The van der Waals surface area contributed by atoms with E-state index in [-0.39, 0.29) is 11.6 Å². The Balaban J connectivity index is 1.31. The third kappa shape index (κ3) is 6.42. The van der Waals surface area contributed by atoms with E-state index in [1.165, 1.54) is 5.56 Å². The van der Waals surface area contributed by atoms with E-state index in [1.807, 2.05) is 48.5 Å². The Hall–Kier alpha value is -2.78. The fraction of sp³-hybridized carbons (Fsp3) is 0.346. The first-order valence-electron chi connectivity index (χ1n) is 11.5. The van der Waals surface area contributed by atoms with Crippen LogP contribution in [-0.4, -0.2) is 30.6 Å². The van der Waals surface area contributed by atoms with Crippen LogP contribution in [0.25, 0.3) is 0 Å². The molecular formula is C26H32N4O3S. The number of β-amino-alcohol motifs (C(OH)–C–C–N with tert-alkyl or cyclic N) is 1. The molecule has 4 rings (SSSR count). The molecule has 0 aliphatic heterocycles. The number of hydrogen-bond donors (Lipinski definition) is 4. The summed E-state index contributed by atoms with van der Waals surface area (Å²) in [5.41, 5.74) is 4.34. The Morgan fingerprint density at radius 1 is 1.09 bits per heavy atom. The minimum Gasteiger partial charge on any atom is -0.387 e. The van der Waals surface area contributed by atoms with Crippen molar-refractivity contribution in [1.82, 2.24) is 15.0 Å². The lowest BCUT2D eigenvalue weighted by Crippen LogP contribution is -2.43. The van der Waals surface area contributed by atoms with Crippen LogP contribution < -0.4 is 14.8 Å². The topological polar surface area (TPSA) is 103 Å². The smallest absolute Gasteiger partial charge is 0.299 e. The lowest BCUT2D eigenvalue weighted by Gasteiger charge is -2.28. The molecule has 180 valence electrons. The van der Waals surface area contributed by atoms with Gasteiger partial charge in [-0.3, -0.25) is 9.71 Å². The maximum atomic E-state index is 12.7. The molecule has 2 atom stereocenters. The number of aromatic nitrogens is 1. The minimum absolute atomic E-state index is 0.207. The van der Waals surface area contributed by atoms with Crippen molar-refractivity contribution in [2.24, 2.45) is 0 Å². The number of nitrogens with zero attached hydrogens (tertiary/aromatic N) is 1. The molecule has 8 heteroatoms. The van der Waals surface area contributed by atoms with Crippen molar-refractivity contribution in [2.45, 2.75) is 50.8 Å². The number of anilines is 1. The van der Waals surface area contributed by atoms with Gasteiger partial charge in [0.05, 0.1) is 6.10 Å². The number of hydrogen-bond acceptors (Lipinski definition) is 5. The molecule has 1 aliphatic carbocycles. The van der Waals surface area contributed by atoms with Gasteiger partial charge >= 0.3 is 0 Å². The van der Waals surface area contributed by atoms with Crippen LogP contribution in [0.2, 0.25) is 0 Å². The van der Waals surface area contributed by atoms with E-state index in [9.17, 15) is 13.5 Å². The molecular weight excluding hydrogens is 448 g/mol. The summed E-state index contributed by atoms with van der Waals surface area (Å²) in [6, 6.07) is 18.8. The normalized spacial score (nSPS) is 16.7. The number of aliphatic hydroxyl groups is 1. The van der Waals surface area contributed by atoms with Crippen LogP contribution in [0.15, 0.2) is 73.1 Å². The summed E-state index contributed by atoms with van der Waals surface area (Å²) in [5, 5.41) is 13.8. The van der Waals surface area contributed by atoms with Crippen LogP contribution in [0.1, 0.15) is 54.7 Å². The Morgan fingerprint density at radius 2 is 1.85 bits per heavy atom. The second-order valence-corrected chi connectivity index (χ2v) is 10.9. The molecule has 0 spiro atoms. The number of rotatable bonds is 10. The maximum Gasteiger partial charge on any atom is 0.299 e. The summed E-state index contributed by atoms with van der Waals surface area (Å²) in [7, 11) is -3.70. The first kappa shape index (κ1) is 24.3. The summed E-state index contributed by atoms with van der Waals surface area (Å²) < 4.78 is 30.8. The van der Waals surface area contributed by atoms with Crippen molar-refractivity contribution in [1.29, 1.82) is 0 Å². The van der Waals surface area contributed by atoms with Gasteiger partial charge in [-0.15, -0.1) is 0 Å². The number of nitrogens with one attached hydrogen (secondary N) is 3. The molecule has 0 fully saturated rings. The van der Waals surface area contributed by atoms with Crippen LogP contribution in [0.5, 0.6) is 0 Å². The van der Waals surface area contributed by atoms with Gasteiger partial charge in [-0.1, -0.05) is 42.5 Å². The molecule has 7 nitrogen and oxygen atoms in total. The van der Waals surface area contributed by atoms with E-state index < -0.39 is 16.3 Å². The molecule has 34 heavy (non-hydrogen) atoms. The Morgan fingerprint density at radius 3 is 2.59 bits per heavy atom. The van der Waals surface area contributed by atoms with Crippen LogP contribution in [0, 0.1) is 0 Å². The predicted molar refractivity (Wildman–Crippen MR) is 135 cm³/mol. The van der Waals surface area contributed by atoms with E-state index in [4.69, 9.17) is 0 Å². The Bertz CT molecular complexity index is 1200. The zero-order valence-corrected chi connectivity index (χ0v) is 20.3. The second kappa shape index (κ2) is 10.2. The number of aryl methyl sites for hydroxylation is 1. The average Bonchev–Trinajstić information content (AvgIpc) is 3.21. The van der Waals surface area contributed by atoms with Gasteiger partial charge in [-0.25, -0.2) is 0 Å². The summed E-state index contributed by atoms with van der Waals surface area (Å²) in [6.45, 7) is 4.55. The molecule has 2 aromatic carbocycles. The van der Waals surface area contributed by atoms with Gasteiger partial charge in [-0.2, -0.15) is 13.1 Å². The molecule has 0 radical (unpaired) electrons. The molecule has 1 aliphatic rings. The standard InChI is InChI=1S/C26H32N4O3S/c1-26(2,28-18-25(31)21-7-5-15-27-17-21)16-19-9-12-22(13-10-19)29-34(32,33)30-24-14-11-20-6-3-4-8-23(20)24/h3-10,12-13,15,17,24-25,28-31H,11,14,16,18H2,1-2H3. The lowest BCUT2D eigenvalue weighted by atomic mass is 9.94. The first-order valence-corrected chi connectivity index (χ1v) is 13.0. The highest BCUT2D eigenvalue weighted by atomic mass is 32.2. The highest BCUT2D eigenvalue weighted by Gasteiger charge is 2.26. The van der Waals surface area contributed by atoms with E-state index in [1.54, 1.807) is 24.5 Å². The largest absolute Gasteiger partial charge is 0.387 e. The number of aliphatic hydroxyl groups excluding tert-OH is 1. The van der Waals surface area contributed by atoms with Gasteiger partial charge in [0, 0.05) is 41.8 Å². The Kier molecular flexibility index (Phi) is 7.33. The van der Waals surface area contributed by atoms with Crippen LogP contribution >= 0.6 is 0 Å². The SMILES string of the molecule is CC(C)(Cc1ccc(NS(=O)(=O)NC2CCc3ccccc32)cc1)NCC(O)c1cccnc1. The van der Waals surface area contributed by atoms with Gasteiger partial charge in [0.15, 0.2) is 0 Å². The number of pyridine rings is 1. The van der Waals surface area contributed by atoms with E-state index in [0.29, 0.717) is 12.2 Å². The third-order valence-corrected chi connectivity index (χ3v) is 7.22. The Labute approximate surface area is 201 Å². The molecule has 0 saturated carbocycles. The molecule has 4 N–H and O–H groups in total. The van der Waals surface area contributed by atoms with Crippen molar-refractivity contribution in [3.8, 4) is 0 Å². The van der Waals surface area contributed by atoms with Gasteiger partial charge in [0.25, 0.3) is 10.2 Å². The maximum absolute atomic E-state index is 12.7. The molecule has 1 aromatic heterocycles.